The van der Waals surface area contributed by atoms with E-state index in [0.29, 0.717) is 18.3 Å². The highest BCUT2D eigenvalue weighted by Gasteiger charge is 2.23. The average molecular weight is 392 g/mol. The predicted octanol–water partition coefficient (Wildman–Crippen LogP) is 3.43. The number of nitrogens with zero attached hydrogens (tertiary/aromatic N) is 3. The lowest BCUT2D eigenvalue weighted by molar-refractivity contribution is 0.262. The topological polar surface area (TPSA) is 109 Å². The summed E-state index contributed by atoms with van der Waals surface area (Å²) in [5, 5.41) is 9.89. The van der Waals surface area contributed by atoms with Gasteiger partial charge in [-0.25, -0.2) is 4.79 Å². The summed E-state index contributed by atoms with van der Waals surface area (Å²) in [5.74, 6) is 0.999. The summed E-state index contributed by atoms with van der Waals surface area (Å²) in [7, 11) is 0. The van der Waals surface area contributed by atoms with Gasteiger partial charge in [-0.2, -0.15) is 4.98 Å². The van der Waals surface area contributed by atoms with Crippen LogP contribution in [0.2, 0.25) is 0 Å². The second-order valence-electron chi connectivity index (χ2n) is 7.10. The van der Waals surface area contributed by atoms with Crippen molar-refractivity contribution >= 4 is 23.1 Å². The van der Waals surface area contributed by atoms with Gasteiger partial charge in [0.2, 0.25) is 5.89 Å². The van der Waals surface area contributed by atoms with Crippen molar-refractivity contribution in [2.24, 2.45) is 5.73 Å². The Labute approximate surface area is 169 Å². The standard InChI is InChI=1S/C21H24N6O2/c1-14-5-2-8-16(11-14)23-21(28)24-17-9-3-6-15-7-4-10-27(20(15)17)13-18-25-19(12-22)29-26-18/h2-3,5-6,8-9,11H,4,7,10,12-13,22H2,1H3,(H2,23,24,28). The Morgan fingerprint density at radius 1 is 1.24 bits per heavy atom. The fourth-order valence-corrected chi connectivity index (χ4v) is 3.61. The van der Waals surface area contributed by atoms with Crippen LogP contribution in [-0.4, -0.2) is 22.7 Å². The molecule has 29 heavy (non-hydrogen) atoms. The molecular formula is C21H24N6O2. The second kappa shape index (κ2) is 8.32. The summed E-state index contributed by atoms with van der Waals surface area (Å²) in [4.78, 5) is 19.1. The first-order chi connectivity index (χ1) is 14.1. The number of aryl methyl sites for hydroxylation is 2. The molecule has 0 spiro atoms. The Kier molecular flexibility index (Phi) is 5.44. The van der Waals surface area contributed by atoms with Gasteiger partial charge in [0.15, 0.2) is 5.82 Å². The Bertz CT molecular complexity index is 1020. The van der Waals surface area contributed by atoms with Crippen molar-refractivity contribution in [2.75, 3.05) is 22.1 Å². The predicted molar refractivity (Wildman–Crippen MR) is 112 cm³/mol. The molecule has 2 amide bonds. The number of hydrogen-bond acceptors (Lipinski definition) is 6. The van der Waals surface area contributed by atoms with Crippen LogP contribution in [-0.2, 0) is 19.5 Å². The van der Waals surface area contributed by atoms with Crippen LogP contribution in [0.3, 0.4) is 0 Å². The van der Waals surface area contributed by atoms with Gasteiger partial charge in [-0.05, 0) is 49.1 Å². The first-order valence-corrected chi connectivity index (χ1v) is 9.65. The number of carbonyl (C=O) groups is 1. The van der Waals surface area contributed by atoms with Crippen LogP contribution in [0.4, 0.5) is 21.9 Å². The quantitative estimate of drug-likeness (QED) is 0.614. The number of nitrogens with two attached hydrogens (primary N) is 1. The van der Waals surface area contributed by atoms with Gasteiger partial charge >= 0.3 is 6.03 Å². The number of fused-ring (bicyclic) bond motifs is 1. The van der Waals surface area contributed by atoms with Gasteiger partial charge in [0.05, 0.1) is 24.5 Å². The van der Waals surface area contributed by atoms with E-state index in [1.54, 1.807) is 0 Å². The molecule has 4 rings (SSSR count). The highest BCUT2D eigenvalue weighted by atomic mass is 16.5. The van der Waals surface area contributed by atoms with Crippen molar-refractivity contribution in [3.8, 4) is 0 Å². The van der Waals surface area contributed by atoms with Crippen molar-refractivity contribution in [2.45, 2.75) is 32.9 Å². The average Bonchev–Trinajstić information content (AvgIpc) is 3.16. The van der Waals surface area contributed by atoms with E-state index in [1.165, 1.54) is 5.56 Å². The van der Waals surface area contributed by atoms with Crippen LogP contribution in [0.15, 0.2) is 47.0 Å². The molecule has 0 aliphatic carbocycles. The summed E-state index contributed by atoms with van der Waals surface area (Å²) in [6.07, 6.45) is 1.98. The number of rotatable bonds is 5. The molecule has 0 bridgehead atoms. The van der Waals surface area contributed by atoms with Gasteiger partial charge in [0.1, 0.15) is 0 Å². The number of amides is 2. The number of aromatic nitrogens is 2. The number of anilines is 3. The SMILES string of the molecule is Cc1cccc(NC(=O)Nc2cccc3c2N(Cc2noc(CN)n2)CCC3)c1. The zero-order valence-corrected chi connectivity index (χ0v) is 16.3. The lowest BCUT2D eigenvalue weighted by Crippen LogP contribution is -2.31. The van der Waals surface area contributed by atoms with Crippen LogP contribution < -0.4 is 21.3 Å². The lowest BCUT2D eigenvalue weighted by atomic mass is 10.00. The fraction of sp³-hybridized carbons (Fsp3) is 0.286. The summed E-state index contributed by atoms with van der Waals surface area (Å²) in [6, 6.07) is 13.4. The molecule has 0 atom stereocenters. The molecule has 2 aromatic carbocycles. The van der Waals surface area contributed by atoms with Gasteiger partial charge in [-0.1, -0.05) is 29.4 Å². The van der Waals surface area contributed by atoms with E-state index in [4.69, 9.17) is 10.3 Å². The van der Waals surface area contributed by atoms with E-state index in [0.717, 1.165) is 42.0 Å². The fourth-order valence-electron chi connectivity index (χ4n) is 3.61. The van der Waals surface area contributed by atoms with Crippen LogP contribution >= 0.6 is 0 Å². The third kappa shape index (κ3) is 4.38. The number of para-hydroxylation sites is 1. The minimum absolute atomic E-state index is 0.218. The van der Waals surface area contributed by atoms with Crippen molar-refractivity contribution < 1.29 is 9.32 Å². The monoisotopic (exact) mass is 392 g/mol. The summed E-state index contributed by atoms with van der Waals surface area (Å²) in [5.41, 5.74) is 10.3. The summed E-state index contributed by atoms with van der Waals surface area (Å²) in [6.45, 7) is 3.55. The molecule has 2 heterocycles. The molecule has 8 heteroatoms. The third-order valence-electron chi connectivity index (χ3n) is 4.85. The largest absolute Gasteiger partial charge is 0.362 e. The molecule has 1 aromatic heterocycles. The Morgan fingerprint density at radius 3 is 2.90 bits per heavy atom. The smallest absolute Gasteiger partial charge is 0.323 e. The molecule has 4 N–H and O–H groups in total. The number of benzene rings is 2. The molecule has 1 aliphatic rings. The molecule has 0 saturated carbocycles. The van der Waals surface area contributed by atoms with E-state index >= 15 is 0 Å². The van der Waals surface area contributed by atoms with Gasteiger partial charge in [0.25, 0.3) is 0 Å². The Hall–Kier alpha value is -3.39. The lowest BCUT2D eigenvalue weighted by Gasteiger charge is -2.32. The maximum absolute atomic E-state index is 12.6. The number of hydrogen-bond donors (Lipinski definition) is 3. The molecule has 0 unspecified atom stereocenters. The zero-order valence-electron chi connectivity index (χ0n) is 16.3. The van der Waals surface area contributed by atoms with Crippen molar-refractivity contribution in [1.29, 1.82) is 0 Å². The van der Waals surface area contributed by atoms with Crippen LogP contribution in [0.1, 0.15) is 29.3 Å². The summed E-state index contributed by atoms with van der Waals surface area (Å²) >= 11 is 0. The zero-order chi connectivity index (χ0) is 20.2. The van der Waals surface area contributed by atoms with E-state index in [2.05, 4.69) is 31.7 Å². The third-order valence-corrected chi connectivity index (χ3v) is 4.85. The first-order valence-electron chi connectivity index (χ1n) is 9.65. The van der Waals surface area contributed by atoms with Crippen molar-refractivity contribution in [3.05, 3.63) is 65.3 Å². The molecular weight excluding hydrogens is 368 g/mol. The minimum atomic E-state index is -0.278. The van der Waals surface area contributed by atoms with Gasteiger partial charge in [-0.3, -0.25) is 0 Å². The van der Waals surface area contributed by atoms with E-state index in [-0.39, 0.29) is 12.6 Å². The highest BCUT2D eigenvalue weighted by Crippen LogP contribution is 2.35. The van der Waals surface area contributed by atoms with Gasteiger partial charge in [0, 0.05) is 12.2 Å². The number of carbonyl (C=O) groups excluding carboxylic acids is 1. The molecule has 0 saturated heterocycles. The molecule has 0 radical (unpaired) electrons. The van der Waals surface area contributed by atoms with Crippen molar-refractivity contribution in [1.82, 2.24) is 10.1 Å². The highest BCUT2D eigenvalue weighted by molar-refractivity contribution is 6.02. The van der Waals surface area contributed by atoms with Gasteiger partial charge in [-0.15, -0.1) is 0 Å². The molecule has 8 nitrogen and oxygen atoms in total. The first kappa shape index (κ1) is 18.9. The molecule has 1 aliphatic heterocycles. The van der Waals surface area contributed by atoms with E-state index < -0.39 is 0 Å². The maximum Gasteiger partial charge on any atom is 0.323 e. The Balaban J connectivity index is 1.54. The molecule has 150 valence electrons. The Morgan fingerprint density at radius 2 is 2.10 bits per heavy atom. The number of urea groups is 1. The van der Waals surface area contributed by atoms with Crippen LogP contribution in [0, 0.1) is 6.92 Å². The minimum Gasteiger partial charge on any atom is -0.362 e. The second-order valence-corrected chi connectivity index (χ2v) is 7.10. The summed E-state index contributed by atoms with van der Waals surface area (Å²) < 4.78 is 5.12. The number of nitrogens with one attached hydrogen (secondary N) is 2. The van der Waals surface area contributed by atoms with Crippen molar-refractivity contribution in [3.63, 3.8) is 0 Å². The maximum atomic E-state index is 12.6. The van der Waals surface area contributed by atoms with E-state index in [1.807, 2.05) is 43.3 Å². The van der Waals surface area contributed by atoms with Gasteiger partial charge < -0.3 is 25.8 Å². The van der Waals surface area contributed by atoms with E-state index in [9.17, 15) is 4.79 Å². The van der Waals surface area contributed by atoms with Crippen LogP contribution in [0.5, 0.6) is 0 Å². The normalized spacial score (nSPS) is 13.1. The molecule has 3 aromatic rings. The van der Waals surface area contributed by atoms with Crippen LogP contribution in [0.25, 0.3) is 0 Å². The molecule has 0 fully saturated rings.